The van der Waals surface area contributed by atoms with Gasteiger partial charge in [0.2, 0.25) is 0 Å². The van der Waals surface area contributed by atoms with E-state index in [0.29, 0.717) is 0 Å². The van der Waals surface area contributed by atoms with Crippen LogP contribution in [0.5, 0.6) is 0 Å². The minimum Gasteiger partial charge on any atom is -0.381 e. The summed E-state index contributed by atoms with van der Waals surface area (Å²) in [5, 5.41) is 3.86. The van der Waals surface area contributed by atoms with Crippen LogP contribution in [0.4, 0.5) is 0 Å². The Labute approximate surface area is 112 Å². The zero-order valence-electron chi connectivity index (χ0n) is 11.9. The van der Waals surface area contributed by atoms with E-state index in [9.17, 15) is 0 Å². The van der Waals surface area contributed by atoms with Gasteiger partial charge in [0.25, 0.3) is 0 Å². The summed E-state index contributed by atoms with van der Waals surface area (Å²) >= 11 is 0. The van der Waals surface area contributed by atoms with E-state index in [1.165, 1.54) is 32.1 Å². The first-order valence-electron chi connectivity index (χ1n) is 8.18. The van der Waals surface area contributed by atoms with E-state index in [2.05, 4.69) is 12.2 Å². The highest BCUT2D eigenvalue weighted by molar-refractivity contribution is 5.01. The second kappa shape index (κ2) is 5.92. The zero-order chi connectivity index (χ0) is 12.4. The van der Waals surface area contributed by atoms with E-state index in [4.69, 9.17) is 4.74 Å². The molecule has 0 heterocycles. The molecule has 2 heteroatoms. The molecule has 18 heavy (non-hydrogen) atoms. The molecular formula is C16H29NO. The summed E-state index contributed by atoms with van der Waals surface area (Å²) in [5.41, 5.74) is 0. The molecule has 0 atom stereocenters. The maximum atomic E-state index is 5.55. The number of rotatable bonds is 7. The van der Waals surface area contributed by atoms with Crippen molar-refractivity contribution in [2.45, 2.75) is 57.9 Å². The van der Waals surface area contributed by atoms with Crippen molar-refractivity contribution >= 4 is 0 Å². The minimum atomic E-state index is 0.851. The summed E-state index contributed by atoms with van der Waals surface area (Å²) in [7, 11) is 0. The van der Waals surface area contributed by atoms with Gasteiger partial charge in [0.05, 0.1) is 0 Å². The highest BCUT2D eigenvalue weighted by atomic mass is 16.5. The van der Waals surface area contributed by atoms with E-state index < -0.39 is 0 Å². The fourth-order valence-electron chi connectivity index (χ4n) is 4.95. The second-order valence-corrected chi connectivity index (χ2v) is 6.88. The van der Waals surface area contributed by atoms with Crippen molar-refractivity contribution < 1.29 is 4.74 Å². The molecule has 0 aromatic carbocycles. The Morgan fingerprint density at radius 1 is 0.944 bits per heavy atom. The van der Waals surface area contributed by atoms with Crippen molar-refractivity contribution in [3.05, 3.63) is 0 Å². The van der Waals surface area contributed by atoms with Crippen LogP contribution in [-0.4, -0.2) is 25.8 Å². The Hall–Kier alpha value is -0.0800. The molecule has 4 bridgehead atoms. The summed E-state index contributed by atoms with van der Waals surface area (Å²) in [4.78, 5) is 0. The van der Waals surface area contributed by atoms with Gasteiger partial charge in [0, 0.05) is 19.3 Å². The number of nitrogens with one attached hydrogen (secondary N) is 1. The average Bonchev–Trinajstić information content (AvgIpc) is 2.35. The minimum absolute atomic E-state index is 0.851. The number of ether oxygens (including phenoxy) is 1. The van der Waals surface area contributed by atoms with Gasteiger partial charge in [-0.15, -0.1) is 0 Å². The highest BCUT2D eigenvalue weighted by Crippen LogP contribution is 2.53. The lowest BCUT2D eigenvalue weighted by atomic mass is 9.54. The topological polar surface area (TPSA) is 21.3 Å². The van der Waals surface area contributed by atoms with Crippen LogP contribution in [-0.2, 0) is 4.74 Å². The first-order chi connectivity index (χ1) is 8.86. The normalized spacial score (nSPS) is 41.5. The average molecular weight is 251 g/mol. The number of hydrogen-bond acceptors (Lipinski definition) is 2. The van der Waals surface area contributed by atoms with Crippen LogP contribution in [0, 0.1) is 23.7 Å². The molecular weight excluding hydrogens is 222 g/mol. The smallest absolute Gasteiger partial charge is 0.0478 e. The van der Waals surface area contributed by atoms with Gasteiger partial charge in [-0.05, 0) is 75.2 Å². The van der Waals surface area contributed by atoms with E-state index in [0.717, 1.165) is 55.9 Å². The fourth-order valence-corrected chi connectivity index (χ4v) is 4.95. The maximum Gasteiger partial charge on any atom is 0.0478 e. The van der Waals surface area contributed by atoms with Gasteiger partial charge in [0.1, 0.15) is 0 Å². The SMILES string of the molecule is CCCOCCCNC1C2CC3CC(C2)CC1C3. The van der Waals surface area contributed by atoms with Crippen LogP contribution < -0.4 is 5.32 Å². The Balaban J connectivity index is 1.38. The van der Waals surface area contributed by atoms with Gasteiger partial charge in [-0.1, -0.05) is 6.92 Å². The Morgan fingerprint density at radius 2 is 1.61 bits per heavy atom. The van der Waals surface area contributed by atoms with Gasteiger partial charge in [-0.25, -0.2) is 0 Å². The Kier molecular flexibility index (Phi) is 4.25. The molecule has 4 aliphatic rings. The van der Waals surface area contributed by atoms with Gasteiger partial charge < -0.3 is 10.1 Å². The fraction of sp³-hybridized carbons (Fsp3) is 1.00. The molecule has 0 aromatic rings. The van der Waals surface area contributed by atoms with Crippen LogP contribution in [0.15, 0.2) is 0 Å². The van der Waals surface area contributed by atoms with E-state index >= 15 is 0 Å². The predicted molar refractivity (Wildman–Crippen MR) is 74.6 cm³/mol. The third-order valence-corrected chi connectivity index (χ3v) is 5.42. The summed E-state index contributed by atoms with van der Waals surface area (Å²) in [6.45, 7) is 5.20. The molecule has 0 aromatic heterocycles. The predicted octanol–water partition coefficient (Wildman–Crippen LogP) is 3.22. The maximum absolute atomic E-state index is 5.55. The lowest BCUT2D eigenvalue weighted by Crippen LogP contribution is -2.54. The molecule has 0 radical (unpaired) electrons. The van der Waals surface area contributed by atoms with Crippen molar-refractivity contribution in [2.24, 2.45) is 23.7 Å². The monoisotopic (exact) mass is 251 g/mol. The van der Waals surface area contributed by atoms with Gasteiger partial charge in [0.15, 0.2) is 0 Å². The first kappa shape index (κ1) is 12.9. The molecule has 0 spiro atoms. The molecule has 0 saturated heterocycles. The number of hydrogen-bond donors (Lipinski definition) is 1. The van der Waals surface area contributed by atoms with Crippen LogP contribution in [0.1, 0.15) is 51.9 Å². The van der Waals surface area contributed by atoms with Crippen LogP contribution in [0.25, 0.3) is 0 Å². The molecule has 0 unspecified atom stereocenters. The quantitative estimate of drug-likeness (QED) is 0.702. The van der Waals surface area contributed by atoms with Gasteiger partial charge in [-0.2, -0.15) is 0 Å². The third kappa shape index (κ3) is 2.75. The largest absolute Gasteiger partial charge is 0.381 e. The zero-order valence-corrected chi connectivity index (χ0v) is 11.9. The van der Waals surface area contributed by atoms with Gasteiger partial charge >= 0.3 is 0 Å². The molecule has 4 aliphatic carbocycles. The molecule has 2 nitrogen and oxygen atoms in total. The van der Waals surface area contributed by atoms with Crippen molar-refractivity contribution in [1.29, 1.82) is 0 Å². The summed E-state index contributed by atoms with van der Waals surface area (Å²) in [6.07, 6.45) is 9.98. The lowest BCUT2D eigenvalue weighted by molar-refractivity contribution is -0.0142. The molecule has 4 fully saturated rings. The summed E-state index contributed by atoms with van der Waals surface area (Å²) in [5.74, 6) is 4.22. The first-order valence-corrected chi connectivity index (χ1v) is 8.18. The Morgan fingerprint density at radius 3 is 2.22 bits per heavy atom. The summed E-state index contributed by atoms with van der Waals surface area (Å²) < 4.78 is 5.55. The van der Waals surface area contributed by atoms with Crippen LogP contribution in [0.2, 0.25) is 0 Å². The standard InChI is InChI=1S/C16H29NO/c1-2-5-18-6-3-4-17-16-14-8-12-7-13(10-14)11-15(16)9-12/h12-17H,2-11H2,1H3. The van der Waals surface area contributed by atoms with Crippen LogP contribution in [0.3, 0.4) is 0 Å². The second-order valence-electron chi connectivity index (χ2n) is 6.88. The lowest BCUT2D eigenvalue weighted by Gasteiger charge is -2.54. The van der Waals surface area contributed by atoms with Crippen LogP contribution >= 0.6 is 0 Å². The molecule has 0 aliphatic heterocycles. The molecule has 4 saturated carbocycles. The van der Waals surface area contributed by atoms with E-state index in [-0.39, 0.29) is 0 Å². The van der Waals surface area contributed by atoms with E-state index in [1.807, 2.05) is 0 Å². The molecule has 4 rings (SSSR count). The van der Waals surface area contributed by atoms with E-state index in [1.54, 1.807) is 6.42 Å². The Bertz CT molecular complexity index is 238. The van der Waals surface area contributed by atoms with Crippen molar-refractivity contribution in [3.63, 3.8) is 0 Å². The van der Waals surface area contributed by atoms with Crippen molar-refractivity contribution in [2.75, 3.05) is 19.8 Å². The molecule has 104 valence electrons. The third-order valence-electron chi connectivity index (χ3n) is 5.42. The van der Waals surface area contributed by atoms with Gasteiger partial charge in [-0.3, -0.25) is 0 Å². The molecule has 0 amide bonds. The highest BCUT2D eigenvalue weighted by Gasteiger charge is 2.47. The summed E-state index contributed by atoms with van der Waals surface area (Å²) in [6, 6.07) is 0.851. The van der Waals surface area contributed by atoms with Crippen molar-refractivity contribution in [1.82, 2.24) is 5.32 Å². The van der Waals surface area contributed by atoms with Crippen molar-refractivity contribution in [3.8, 4) is 0 Å². The molecule has 1 N–H and O–H groups in total.